The molecule has 0 aliphatic carbocycles. The first kappa shape index (κ1) is 25.0. The predicted octanol–water partition coefficient (Wildman–Crippen LogP) is 4.85. The second-order valence-corrected chi connectivity index (χ2v) is 10.9. The minimum Gasteiger partial charge on any atom is -0.465 e. The monoisotopic (exact) mass is 511 g/mol. The van der Waals surface area contributed by atoms with Crippen LogP contribution in [-0.4, -0.2) is 56.8 Å². The van der Waals surface area contributed by atoms with Gasteiger partial charge in [-0.1, -0.05) is 20.8 Å². The average Bonchev–Trinajstić information content (AvgIpc) is 3.57. The summed E-state index contributed by atoms with van der Waals surface area (Å²) in [6.07, 6.45) is 4.30. The number of fused-ring (bicyclic) bond motifs is 1. The van der Waals surface area contributed by atoms with Gasteiger partial charge in [-0.15, -0.1) is 0 Å². The number of aromatic nitrogens is 2. The Balaban J connectivity index is 1.43. The van der Waals surface area contributed by atoms with Gasteiger partial charge in [-0.3, -0.25) is 4.79 Å². The number of pyridine rings is 1. The molecule has 3 aromatic rings. The molecule has 0 saturated carbocycles. The smallest absolute Gasteiger partial charge is 0.407 e. The highest BCUT2D eigenvalue weighted by atomic mass is 19.1. The fraction of sp³-hybridized carbons (Fsp3) is 0.444. The van der Waals surface area contributed by atoms with E-state index in [1.54, 1.807) is 10.7 Å². The number of halogens is 2. The van der Waals surface area contributed by atoms with E-state index < -0.39 is 17.7 Å². The third-order valence-electron chi connectivity index (χ3n) is 7.50. The van der Waals surface area contributed by atoms with Crippen molar-refractivity contribution in [3.05, 3.63) is 65.5 Å². The molecule has 0 bridgehead atoms. The zero-order chi connectivity index (χ0) is 26.5. The van der Waals surface area contributed by atoms with E-state index in [1.807, 2.05) is 37.8 Å². The number of carbonyl (C=O) groups excluding carboxylic acids is 1. The molecule has 10 heteroatoms. The van der Waals surface area contributed by atoms with Gasteiger partial charge < -0.3 is 20.2 Å². The normalized spacial score (nSPS) is 22.1. The average molecular weight is 512 g/mol. The lowest BCUT2D eigenvalue weighted by atomic mass is 9.82. The topological polar surface area (TPSA) is 90.2 Å². The van der Waals surface area contributed by atoms with Crippen LogP contribution >= 0.6 is 0 Å². The van der Waals surface area contributed by atoms with Crippen molar-refractivity contribution < 1.29 is 23.5 Å². The summed E-state index contributed by atoms with van der Waals surface area (Å²) >= 11 is 0. The molecule has 1 aromatic carbocycles. The van der Waals surface area contributed by atoms with Crippen molar-refractivity contribution in [1.29, 1.82) is 0 Å². The Kier molecular flexibility index (Phi) is 6.29. The maximum absolute atomic E-state index is 14.6. The number of anilines is 1. The van der Waals surface area contributed by atoms with Crippen LogP contribution in [0.25, 0.3) is 5.52 Å². The Hall–Kier alpha value is -3.69. The summed E-state index contributed by atoms with van der Waals surface area (Å²) in [5.74, 6) is -1.24. The fourth-order valence-electron chi connectivity index (χ4n) is 5.97. The van der Waals surface area contributed by atoms with Gasteiger partial charge in [0.2, 0.25) is 0 Å². The van der Waals surface area contributed by atoms with Gasteiger partial charge in [0.15, 0.2) is 0 Å². The molecule has 2 N–H and O–H groups in total. The lowest BCUT2D eigenvalue weighted by Gasteiger charge is -2.37. The van der Waals surface area contributed by atoms with Crippen LogP contribution in [0, 0.1) is 17.0 Å². The molecule has 2 fully saturated rings. The summed E-state index contributed by atoms with van der Waals surface area (Å²) < 4.78 is 30.1. The van der Waals surface area contributed by atoms with Crippen molar-refractivity contribution in [1.82, 2.24) is 19.8 Å². The van der Waals surface area contributed by atoms with Gasteiger partial charge >= 0.3 is 6.09 Å². The molecule has 0 spiro atoms. The lowest BCUT2D eigenvalue weighted by Crippen LogP contribution is -2.52. The molecule has 8 nitrogen and oxygen atoms in total. The molecule has 3 atom stereocenters. The van der Waals surface area contributed by atoms with Crippen LogP contribution in [0.4, 0.5) is 19.3 Å². The second-order valence-electron chi connectivity index (χ2n) is 10.9. The Labute approximate surface area is 213 Å². The first-order valence-corrected chi connectivity index (χ1v) is 12.5. The van der Waals surface area contributed by atoms with Crippen LogP contribution in [0.15, 0.2) is 42.7 Å². The van der Waals surface area contributed by atoms with Crippen LogP contribution in [0.2, 0.25) is 0 Å². The number of nitrogens with one attached hydrogen (secondary N) is 1. The summed E-state index contributed by atoms with van der Waals surface area (Å²) in [4.78, 5) is 28.6. The molecule has 2 aliphatic rings. The molecule has 5 rings (SSSR count). The number of carbonyl (C=O) groups is 2. The van der Waals surface area contributed by atoms with E-state index in [0.717, 1.165) is 24.2 Å². The van der Waals surface area contributed by atoms with Gasteiger partial charge in [0, 0.05) is 30.5 Å². The van der Waals surface area contributed by atoms with Crippen LogP contribution in [0.3, 0.4) is 0 Å². The largest absolute Gasteiger partial charge is 0.465 e. The summed E-state index contributed by atoms with van der Waals surface area (Å²) in [6.45, 7) is 6.93. The lowest BCUT2D eigenvalue weighted by molar-refractivity contribution is 0.0828. The summed E-state index contributed by atoms with van der Waals surface area (Å²) in [7, 11) is 0. The van der Waals surface area contributed by atoms with Crippen molar-refractivity contribution in [2.75, 3.05) is 18.0 Å². The number of hydrogen-bond acceptors (Lipinski definition) is 4. The number of amides is 2. The molecule has 2 amide bonds. The molecule has 0 radical (unpaired) electrons. The number of likely N-dealkylation sites (tertiary alicyclic amines) is 1. The van der Waals surface area contributed by atoms with Crippen molar-refractivity contribution in [2.45, 2.75) is 58.2 Å². The van der Waals surface area contributed by atoms with E-state index in [0.29, 0.717) is 42.6 Å². The van der Waals surface area contributed by atoms with E-state index in [4.69, 9.17) is 0 Å². The highest BCUT2D eigenvalue weighted by Gasteiger charge is 2.44. The van der Waals surface area contributed by atoms with Gasteiger partial charge in [-0.05, 0) is 55.0 Å². The van der Waals surface area contributed by atoms with Gasteiger partial charge in [-0.2, -0.15) is 5.10 Å². The van der Waals surface area contributed by atoms with Gasteiger partial charge in [0.05, 0.1) is 35.4 Å². The van der Waals surface area contributed by atoms with E-state index >= 15 is 0 Å². The van der Waals surface area contributed by atoms with Gasteiger partial charge in [0.25, 0.3) is 5.91 Å². The summed E-state index contributed by atoms with van der Waals surface area (Å²) in [5, 5.41) is 17.0. The minimum atomic E-state index is -0.993. The number of carboxylic acid groups (broad SMARTS) is 1. The Morgan fingerprint density at radius 1 is 1.11 bits per heavy atom. The van der Waals surface area contributed by atoms with Crippen molar-refractivity contribution in [3.63, 3.8) is 0 Å². The molecule has 4 heterocycles. The minimum absolute atomic E-state index is 0.314. The van der Waals surface area contributed by atoms with Crippen LogP contribution < -0.4 is 10.2 Å². The van der Waals surface area contributed by atoms with Gasteiger partial charge in [-0.25, -0.2) is 18.1 Å². The van der Waals surface area contributed by atoms with Crippen LogP contribution in [-0.2, 0) is 0 Å². The quantitative estimate of drug-likeness (QED) is 0.523. The number of hydrogen-bond donors (Lipinski definition) is 2. The molecule has 2 saturated heterocycles. The van der Waals surface area contributed by atoms with E-state index in [9.17, 15) is 23.5 Å². The number of benzene rings is 1. The standard InChI is InChI=1S/C27H31F2N5O3/c1-27(2,3)24-21(9-11-33(24)26(36)37)31-25(35)19-15-30-34-12-8-17(14-23(19)34)32-10-4-5-22(32)18-13-16(28)6-7-20(18)29/h6-8,12-15,21-22,24H,4-5,9-11H2,1-3H3,(H,31,35)(H,36,37)/t21?,22-,24?/m1/s1. The Morgan fingerprint density at radius 2 is 1.89 bits per heavy atom. The van der Waals surface area contributed by atoms with Crippen molar-refractivity contribution >= 4 is 23.2 Å². The van der Waals surface area contributed by atoms with E-state index in [-0.39, 0.29) is 29.4 Å². The van der Waals surface area contributed by atoms with Crippen LogP contribution in [0.5, 0.6) is 0 Å². The predicted molar refractivity (Wildman–Crippen MR) is 135 cm³/mol. The van der Waals surface area contributed by atoms with Gasteiger partial charge in [0.1, 0.15) is 11.6 Å². The third-order valence-corrected chi connectivity index (χ3v) is 7.50. The molecule has 196 valence electrons. The second kappa shape index (κ2) is 9.32. The molecule has 2 aromatic heterocycles. The molecular weight excluding hydrogens is 480 g/mol. The Bertz CT molecular complexity index is 1350. The van der Waals surface area contributed by atoms with Crippen molar-refractivity contribution in [3.8, 4) is 0 Å². The maximum atomic E-state index is 14.6. The zero-order valence-electron chi connectivity index (χ0n) is 21.1. The van der Waals surface area contributed by atoms with Crippen LogP contribution in [0.1, 0.15) is 62.0 Å². The Morgan fingerprint density at radius 3 is 2.62 bits per heavy atom. The molecule has 37 heavy (non-hydrogen) atoms. The highest BCUT2D eigenvalue weighted by molar-refractivity contribution is 6.01. The zero-order valence-corrected chi connectivity index (χ0v) is 21.1. The number of nitrogens with zero attached hydrogens (tertiary/aromatic N) is 4. The SMILES string of the molecule is CC(C)(C)C1C(NC(=O)c2cnn3ccc(N4CCC[C@@H]4c4cc(F)ccc4F)cc23)CCN1C(=O)O. The highest BCUT2D eigenvalue weighted by Crippen LogP contribution is 2.38. The maximum Gasteiger partial charge on any atom is 0.407 e. The molecule has 2 unspecified atom stereocenters. The third kappa shape index (κ3) is 4.60. The van der Waals surface area contributed by atoms with E-state index in [2.05, 4.69) is 10.4 Å². The fourth-order valence-corrected chi connectivity index (χ4v) is 5.97. The molecule has 2 aliphatic heterocycles. The summed E-state index contributed by atoms with van der Waals surface area (Å²) in [5.41, 5.74) is 1.70. The summed E-state index contributed by atoms with van der Waals surface area (Å²) in [6, 6.07) is 6.22. The number of rotatable bonds is 4. The van der Waals surface area contributed by atoms with Crippen molar-refractivity contribution in [2.24, 2.45) is 5.41 Å². The molecular formula is C27H31F2N5O3. The first-order valence-electron chi connectivity index (χ1n) is 12.5. The van der Waals surface area contributed by atoms with E-state index in [1.165, 1.54) is 17.2 Å². The first-order chi connectivity index (χ1) is 17.5.